The van der Waals surface area contributed by atoms with Crippen molar-refractivity contribution in [1.29, 1.82) is 0 Å². The highest BCUT2D eigenvalue weighted by Gasteiger charge is 2.19. The van der Waals surface area contributed by atoms with Crippen molar-refractivity contribution < 1.29 is 9.15 Å². The lowest BCUT2D eigenvalue weighted by Crippen LogP contribution is -2.17. The maximum Gasteiger partial charge on any atom is 0.247 e. The number of ether oxygens (including phenoxy) is 1. The molecule has 5 heteroatoms. The number of nitrogens with one attached hydrogen (secondary N) is 1. The average Bonchev–Trinajstić information content (AvgIpc) is 3.21. The van der Waals surface area contributed by atoms with Crippen molar-refractivity contribution in [2.24, 2.45) is 0 Å². The molecule has 5 nitrogen and oxygen atoms in total. The first-order valence-electron chi connectivity index (χ1n) is 7.47. The summed E-state index contributed by atoms with van der Waals surface area (Å²) in [5.74, 6) is 2.08. The van der Waals surface area contributed by atoms with Gasteiger partial charge in [-0.25, -0.2) is 0 Å². The summed E-state index contributed by atoms with van der Waals surface area (Å²) in [5.41, 5.74) is 1.99. The number of nitrogens with zero attached hydrogens (tertiary/aromatic N) is 2. The normalized spacial score (nSPS) is 14.4. The third-order valence-corrected chi connectivity index (χ3v) is 3.70. The molecule has 1 heterocycles. The summed E-state index contributed by atoms with van der Waals surface area (Å²) in [6.07, 6.45) is 4.48. The summed E-state index contributed by atoms with van der Waals surface area (Å²) in [7, 11) is 1.66. The van der Waals surface area contributed by atoms with Gasteiger partial charge in [-0.15, -0.1) is 10.2 Å². The molecule has 1 N–H and O–H groups in total. The Hall–Kier alpha value is -1.88. The Kier molecular flexibility index (Phi) is 4.20. The molecule has 1 fully saturated rings. The lowest BCUT2D eigenvalue weighted by Gasteiger charge is -2.04. The zero-order chi connectivity index (χ0) is 14.7. The van der Waals surface area contributed by atoms with Crippen molar-refractivity contribution >= 4 is 0 Å². The summed E-state index contributed by atoms with van der Waals surface area (Å²) in [4.78, 5) is 0. The van der Waals surface area contributed by atoms with Gasteiger partial charge in [0.15, 0.2) is 0 Å². The molecule has 0 saturated heterocycles. The first-order chi connectivity index (χ1) is 10.3. The minimum Gasteiger partial charge on any atom is -0.496 e. The Balaban J connectivity index is 1.60. The fourth-order valence-corrected chi connectivity index (χ4v) is 2.26. The van der Waals surface area contributed by atoms with Crippen LogP contribution in [0.25, 0.3) is 11.5 Å². The van der Waals surface area contributed by atoms with E-state index in [4.69, 9.17) is 9.15 Å². The van der Waals surface area contributed by atoms with Crippen LogP contribution in [0.3, 0.4) is 0 Å². The number of aromatic nitrogens is 2. The third-order valence-electron chi connectivity index (χ3n) is 3.70. The largest absolute Gasteiger partial charge is 0.496 e. The van der Waals surface area contributed by atoms with Gasteiger partial charge in [0.2, 0.25) is 11.8 Å². The summed E-state index contributed by atoms with van der Waals surface area (Å²) >= 11 is 0. The molecule has 0 radical (unpaired) electrons. The summed E-state index contributed by atoms with van der Waals surface area (Å²) in [6.45, 7) is 3.02. The second kappa shape index (κ2) is 6.26. The third kappa shape index (κ3) is 3.61. The minimum absolute atomic E-state index is 0.554. The van der Waals surface area contributed by atoms with Crippen molar-refractivity contribution in [3.05, 3.63) is 29.7 Å². The van der Waals surface area contributed by atoms with Crippen LogP contribution in [-0.2, 0) is 6.42 Å². The van der Waals surface area contributed by atoms with Crippen molar-refractivity contribution in [2.45, 2.75) is 38.6 Å². The fraction of sp³-hybridized carbons (Fsp3) is 0.500. The molecule has 0 bridgehead atoms. The molecule has 0 unspecified atom stereocenters. The number of hydrogen-bond acceptors (Lipinski definition) is 5. The number of aryl methyl sites for hydroxylation is 2. The molecule has 1 aliphatic rings. The quantitative estimate of drug-likeness (QED) is 0.793. The smallest absolute Gasteiger partial charge is 0.247 e. The molecule has 1 aromatic heterocycles. The predicted octanol–water partition coefficient (Wildman–Crippen LogP) is 2.74. The Morgan fingerprint density at radius 2 is 2.19 bits per heavy atom. The van der Waals surface area contributed by atoms with Crippen LogP contribution >= 0.6 is 0 Å². The Bertz CT molecular complexity index is 605. The maximum atomic E-state index is 5.73. The average molecular weight is 287 g/mol. The van der Waals surface area contributed by atoms with E-state index in [9.17, 15) is 0 Å². The van der Waals surface area contributed by atoms with Crippen LogP contribution in [0.1, 0.15) is 30.7 Å². The van der Waals surface area contributed by atoms with E-state index in [1.165, 1.54) is 12.8 Å². The number of hydrogen-bond donors (Lipinski definition) is 1. The van der Waals surface area contributed by atoms with Gasteiger partial charge in [0.1, 0.15) is 5.75 Å². The highest BCUT2D eigenvalue weighted by molar-refractivity contribution is 5.57. The van der Waals surface area contributed by atoms with Crippen molar-refractivity contribution in [3.8, 4) is 17.2 Å². The molecule has 1 saturated carbocycles. The lowest BCUT2D eigenvalue weighted by atomic mass is 10.1. The molecule has 21 heavy (non-hydrogen) atoms. The van der Waals surface area contributed by atoms with Crippen molar-refractivity contribution in [3.63, 3.8) is 0 Å². The Morgan fingerprint density at radius 3 is 2.95 bits per heavy atom. The molecular formula is C16H21N3O2. The standard InChI is InChI=1S/C16H21N3O2/c1-11-5-6-12(10-14(11)20-2)16-19-18-15(21-16)4-3-9-17-13-7-8-13/h5-6,10,13,17H,3-4,7-9H2,1-2H3. The van der Waals surface area contributed by atoms with Gasteiger partial charge in [0.25, 0.3) is 0 Å². The second-order valence-corrected chi connectivity index (χ2v) is 5.52. The second-order valence-electron chi connectivity index (χ2n) is 5.52. The molecule has 1 aliphatic carbocycles. The maximum absolute atomic E-state index is 5.73. The predicted molar refractivity (Wildman–Crippen MR) is 80.4 cm³/mol. The van der Waals surface area contributed by atoms with Crippen molar-refractivity contribution in [2.75, 3.05) is 13.7 Å². The molecule has 0 spiro atoms. The fourth-order valence-electron chi connectivity index (χ4n) is 2.26. The Morgan fingerprint density at radius 1 is 1.33 bits per heavy atom. The molecule has 1 aromatic carbocycles. The van der Waals surface area contributed by atoms with E-state index < -0.39 is 0 Å². The van der Waals surface area contributed by atoms with E-state index in [1.807, 2.05) is 25.1 Å². The SMILES string of the molecule is COc1cc(-c2nnc(CCCNC3CC3)o2)ccc1C. The zero-order valence-corrected chi connectivity index (χ0v) is 12.6. The topological polar surface area (TPSA) is 60.2 Å². The first-order valence-corrected chi connectivity index (χ1v) is 7.47. The van der Waals surface area contributed by atoms with Gasteiger partial charge in [-0.05, 0) is 50.4 Å². The first kappa shape index (κ1) is 14.1. The van der Waals surface area contributed by atoms with Gasteiger partial charge in [0.05, 0.1) is 7.11 Å². The van der Waals surface area contributed by atoms with E-state index in [0.717, 1.165) is 42.3 Å². The van der Waals surface area contributed by atoms with Gasteiger partial charge < -0.3 is 14.5 Å². The molecular weight excluding hydrogens is 266 g/mol. The van der Waals surface area contributed by atoms with Crippen LogP contribution < -0.4 is 10.1 Å². The molecule has 112 valence electrons. The minimum atomic E-state index is 0.554. The molecule has 2 aromatic rings. The van der Waals surface area contributed by atoms with Crippen molar-refractivity contribution in [1.82, 2.24) is 15.5 Å². The summed E-state index contributed by atoms with van der Waals surface area (Å²) in [6, 6.07) is 6.66. The van der Waals surface area contributed by atoms with Crippen LogP contribution in [0.15, 0.2) is 22.6 Å². The lowest BCUT2D eigenvalue weighted by molar-refractivity contribution is 0.411. The van der Waals surface area contributed by atoms with Gasteiger partial charge in [-0.3, -0.25) is 0 Å². The van der Waals surface area contributed by atoms with Gasteiger partial charge in [-0.2, -0.15) is 0 Å². The molecule has 3 rings (SSSR count). The van der Waals surface area contributed by atoms with Crippen LogP contribution in [0.5, 0.6) is 5.75 Å². The van der Waals surface area contributed by atoms with Gasteiger partial charge in [0, 0.05) is 18.0 Å². The number of methoxy groups -OCH3 is 1. The highest BCUT2D eigenvalue weighted by atomic mass is 16.5. The van der Waals surface area contributed by atoms with E-state index in [1.54, 1.807) is 7.11 Å². The molecule has 0 aliphatic heterocycles. The molecule has 0 atom stereocenters. The summed E-state index contributed by atoms with van der Waals surface area (Å²) < 4.78 is 11.0. The highest BCUT2D eigenvalue weighted by Crippen LogP contribution is 2.26. The van der Waals surface area contributed by atoms with Crippen LogP contribution in [0.2, 0.25) is 0 Å². The van der Waals surface area contributed by atoms with E-state index in [2.05, 4.69) is 15.5 Å². The van der Waals surface area contributed by atoms with Gasteiger partial charge >= 0.3 is 0 Å². The van der Waals surface area contributed by atoms with Crippen LogP contribution in [-0.4, -0.2) is 29.9 Å². The van der Waals surface area contributed by atoms with Crippen LogP contribution in [0.4, 0.5) is 0 Å². The van der Waals surface area contributed by atoms with Crippen LogP contribution in [0, 0.1) is 6.92 Å². The number of benzene rings is 1. The Labute approximate surface area is 124 Å². The van der Waals surface area contributed by atoms with E-state index in [0.29, 0.717) is 11.8 Å². The summed E-state index contributed by atoms with van der Waals surface area (Å²) in [5, 5.41) is 11.7. The van der Waals surface area contributed by atoms with E-state index >= 15 is 0 Å². The van der Waals surface area contributed by atoms with Gasteiger partial charge in [-0.1, -0.05) is 6.07 Å². The zero-order valence-electron chi connectivity index (χ0n) is 12.6. The van der Waals surface area contributed by atoms with E-state index in [-0.39, 0.29) is 0 Å². The molecule has 0 amide bonds. The number of rotatable bonds is 7. The monoisotopic (exact) mass is 287 g/mol.